The number of carbonyl (C=O) groups is 2. The van der Waals surface area contributed by atoms with Gasteiger partial charge in [-0.2, -0.15) is 0 Å². The van der Waals surface area contributed by atoms with Gasteiger partial charge in [0.15, 0.2) is 0 Å². The van der Waals surface area contributed by atoms with Crippen molar-refractivity contribution < 1.29 is 14.7 Å². The zero-order valence-electron chi connectivity index (χ0n) is 10.3. The number of anilines is 1. The Kier molecular flexibility index (Phi) is 3.97. The average Bonchev–Trinajstić information content (AvgIpc) is 2.83. The van der Waals surface area contributed by atoms with Gasteiger partial charge in [0.2, 0.25) is 0 Å². The first-order valence-electron chi connectivity index (χ1n) is 5.84. The second kappa shape index (κ2) is 5.67. The normalized spacial score (nSPS) is 10.2. The third kappa shape index (κ3) is 3.00. The van der Waals surface area contributed by atoms with E-state index < -0.39 is 5.97 Å². The molecule has 0 bridgehead atoms. The zero-order valence-corrected chi connectivity index (χ0v) is 11.2. The molecule has 0 spiro atoms. The topological polar surface area (TPSA) is 66.4 Å². The second-order valence-electron chi connectivity index (χ2n) is 3.93. The molecule has 0 aliphatic rings. The van der Waals surface area contributed by atoms with Crippen LogP contribution in [0.1, 0.15) is 32.5 Å². The lowest BCUT2D eigenvalue weighted by atomic mass is 10.2. The fourth-order valence-electron chi connectivity index (χ4n) is 1.63. The molecule has 2 rings (SSSR count). The molecular formula is C14H13NO3S. The van der Waals surface area contributed by atoms with Crippen molar-refractivity contribution in [3.8, 4) is 0 Å². The average molecular weight is 275 g/mol. The standard InChI is InChI=1S/C14H13NO3S/c1-2-10-8-11(14(17)18)13(19-10)15-12(16)9-6-4-3-5-7-9/h3-8H,2H2,1H3,(H,15,16)(H,17,18). The van der Waals surface area contributed by atoms with E-state index in [9.17, 15) is 9.59 Å². The van der Waals surface area contributed by atoms with Crippen molar-refractivity contribution in [3.63, 3.8) is 0 Å². The summed E-state index contributed by atoms with van der Waals surface area (Å²) in [7, 11) is 0. The van der Waals surface area contributed by atoms with Crippen LogP contribution in [0, 0.1) is 0 Å². The molecule has 5 heteroatoms. The number of benzene rings is 1. The van der Waals surface area contributed by atoms with Gasteiger partial charge in [0.05, 0.1) is 5.56 Å². The summed E-state index contributed by atoms with van der Waals surface area (Å²) in [6.07, 6.45) is 0.742. The van der Waals surface area contributed by atoms with Crippen LogP contribution in [0.5, 0.6) is 0 Å². The summed E-state index contributed by atoms with van der Waals surface area (Å²) in [6.45, 7) is 1.94. The Hall–Kier alpha value is -2.14. The third-order valence-electron chi connectivity index (χ3n) is 2.63. The Labute approximate surface area is 114 Å². The van der Waals surface area contributed by atoms with Crippen LogP contribution in [0.3, 0.4) is 0 Å². The van der Waals surface area contributed by atoms with Gasteiger partial charge < -0.3 is 10.4 Å². The molecule has 1 amide bonds. The summed E-state index contributed by atoms with van der Waals surface area (Å²) in [4.78, 5) is 24.0. The fraction of sp³-hybridized carbons (Fsp3) is 0.143. The van der Waals surface area contributed by atoms with Crippen LogP contribution in [-0.2, 0) is 6.42 Å². The predicted molar refractivity (Wildman–Crippen MR) is 75.1 cm³/mol. The minimum Gasteiger partial charge on any atom is -0.478 e. The van der Waals surface area contributed by atoms with E-state index in [0.29, 0.717) is 10.6 Å². The van der Waals surface area contributed by atoms with E-state index >= 15 is 0 Å². The minimum atomic E-state index is -1.03. The highest BCUT2D eigenvalue weighted by Crippen LogP contribution is 2.29. The molecule has 98 valence electrons. The van der Waals surface area contributed by atoms with Gasteiger partial charge in [-0.05, 0) is 24.6 Å². The van der Waals surface area contributed by atoms with E-state index in [1.165, 1.54) is 11.3 Å². The van der Waals surface area contributed by atoms with Gasteiger partial charge in [-0.1, -0.05) is 25.1 Å². The van der Waals surface area contributed by atoms with Gasteiger partial charge in [0.25, 0.3) is 5.91 Å². The molecule has 0 aliphatic carbocycles. The lowest BCUT2D eigenvalue weighted by Gasteiger charge is -2.03. The minimum absolute atomic E-state index is 0.145. The summed E-state index contributed by atoms with van der Waals surface area (Å²) in [5.41, 5.74) is 0.649. The van der Waals surface area contributed by atoms with Gasteiger partial charge >= 0.3 is 5.97 Å². The third-order valence-corrected chi connectivity index (χ3v) is 3.82. The van der Waals surface area contributed by atoms with Crippen LogP contribution >= 0.6 is 11.3 Å². The maximum absolute atomic E-state index is 12.0. The first kappa shape index (κ1) is 13.3. The fourth-order valence-corrected chi connectivity index (χ4v) is 2.62. The molecular weight excluding hydrogens is 262 g/mol. The molecule has 1 aromatic heterocycles. The number of aryl methyl sites for hydroxylation is 1. The first-order chi connectivity index (χ1) is 9.11. The Morgan fingerprint density at radius 3 is 2.53 bits per heavy atom. The maximum atomic E-state index is 12.0. The van der Waals surface area contributed by atoms with Crippen LogP contribution < -0.4 is 5.32 Å². The largest absolute Gasteiger partial charge is 0.478 e. The smallest absolute Gasteiger partial charge is 0.338 e. The van der Waals surface area contributed by atoms with E-state index in [-0.39, 0.29) is 11.5 Å². The molecule has 0 atom stereocenters. The Morgan fingerprint density at radius 2 is 1.95 bits per heavy atom. The van der Waals surface area contributed by atoms with Gasteiger partial charge in [0.1, 0.15) is 5.00 Å². The maximum Gasteiger partial charge on any atom is 0.338 e. The van der Waals surface area contributed by atoms with E-state index in [4.69, 9.17) is 5.11 Å². The van der Waals surface area contributed by atoms with Crippen LogP contribution in [0.15, 0.2) is 36.4 Å². The number of hydrogen-bond donors (Lipinski definition) is 2. The Bertz CT molecular complexity index is 604. The molecule has 0 saturated carbocycles. The number of carboxylic acids is 1. The van der Waals surface area contributed by atoms with Gasteiger partial charge in [-0.25, -0.2) is 4.79 Å². The van der Waals surface area contributed by atoms with Crippen molar-refractivity contribution in [2.75, 3.05) is 5.32 Å². The van der Waals surface area contributed by atoms with Crippen molar-refractivity contribution in [2.24, 2.45) is 0 Å². The number of aromatic carboxylic acids is 1. The highest BCUT2D eigenvalue weighted by Gasteiger charge is 2.17. The lowest BCUT2D eigenvalue weighted by molar-refractivity contribution is 0.0698. The molecule has 0 radical (unpaired) electrons. The summed E-state index contributed by atoms with van der Waals surface area (Å²) in [5, 5.41) is 12.2. The van der Waals surface area contributed by atoms with Crippen molar-refractivity contribution in [1.29, 1.82) is 0 Å². The van der Waals surface area contributed by atoms with Crippen LogP contribution in [-0.4, -0.2) is 17.0 Å². The number of rotatable bonds is 4. The lowest BCUT2D eigenvalue weighted by Crippen LogP contribution is -2.12. The zero-order chi connectivity index (χ0) is 13.8. The number of carboxylic acid groups (broad SMARTS) is 1. The molecule has 0 fully saturated rings. The molecule has 2 N–H and O–H groups in total. The van der Waals surface area contributed by atoms with Gasteiger partial charge in [0, 0.05) is 10.4 Å². The van der Waals surface area contributed by atoms with Crippen LogP contribution in [0.2, 0.25) is 0 Å². The molecule has 2 aromatic rings. The second-order valence-corrected chi connectivity index (χ2v) is 5.07. The molecule has 19 heavy (non-hydrogen) atoms. The van der Waals surface area contributed by atoms with Crippen molar-refractivity contribution in [2.45, 2.75) is 13.3 Å². The Morgan fingerprint density at radius 1 is 1.26 bits per heavy atom. The number of amides is 1. The van der Waals surface area contributed by atoms with Crippen molar-refractivity contribution >= 4 is 28.2 Å². The molecule has 0 saturated heterocycles. The van der Waals surface area contributed by atoms with Crippen molar-refractivity contribution in [1.82, 2.24) is 0 Å². The highest BCUT2D eigenvalue weighted by molar-refractivity contribution is 7.16. The van der Waals surface area contributed by atoms with Crippen LogP contribution in [0.4, 0.5) is 5.00 Å². The first-order valence-corrected chi connectivity index (χ1v) is 6.66. The molecule has 4 nitrogen and oxygen atoms in total. The van der Waals surface area contributed by atoms with E-state index in [2.05, 4.69) is 5.32 Å². The van der Waals surface area contributed by atoms with Crippen LogP contribution in [0.25, 0.3) is 0 Å². The van der Waals surface area contributed by atoms with E-state index in [0.717, 1.165) is 11.3 Å². The van der Waals surface area contributed by atoms with E-state index in [1.54, 1.807) is 30.3 Å². The van der Waals surface area contributed by atoms with Gasteiger partial charge in [-0.15, -0.1) is 11.3 Å². The number of carbonyl (C=O) groups excluding carboxylic acids is 1. The molecule has 0 unspecified atom stereocenters. The quantitative estimate of drug-likeness (QED) is 0.900. The summed E-state index contributed by atoms with van der Waals surface area (Å²) >= 11 is 1.30. The molecule has 1 aromatic carbocycles. The van der Waals surface area contributed by atoms with Crippen molar-refractivity contribution in [3.05, 3.63) is 52.4 Å². The van der Waals surface area contributed by atoms with Gasteiger partial charge in [-0.3, -0.25) is 4.79 Å². The number of thiophene rings is 1. The monoisotopic (exact) mass is 275 g/mol. The summed E-state index contributed by atoms with van der Waals surface area (Å²) in [5.74, 6) is -1.33. The summed E-state index contributed by atoms with van der Waals surface area (Å²) in [6, 6.07) is 10.3. The predicted octanol–water partition coefficient (Wildman–Crippen LogP) is 3.26. The highest BCUT2D eigenvalue weighted by atomic mass is 32.1. The summed E-state index contributed by atoms with van der Waals surface area (Å²) < 4.78 is 0. The molecule has 0 aliphatic heterocycles. The SMILES string of the molecule is CCc1cc(C(=O)O)c(NC(=O)c2ccccc2)s1. The van der Waals surface area contributed by atoms with E-state index in [1.807, 2.05) is 13.0 Å². The molecule has 1 heterocycles. The number of hydrogen-bond acceptors (Lipinski definition) is 3. The number of nitrogens with one attached hydrogen (secondary N) is 1. The Balaban J connectivity index is 2.26.